The smallest absolute Gasteiger partial charge is 0.307 e. The molecule has 216 valence electrons. The van der Waals surface area contributed by atoms with Gasteiger partial charge in [-0.05, 0) is 49.4 Å². The number of carboxylic acid groups (broad SMARTS) is 1. The number of carboxylic acids is 1. The Kier molecular flexibility index (Phi) is 7.59. The minimum atomic E-state index is -0.919. The second-order valence-corrected chi connectivity index (χ2v) is 11.8. The molecule has 0 radical (unpaired) electrons. The van der Waals surface area contributed by atoms with Crippen molar-refractivity contribution in [1.82, 2.24) is 24.3 Å². The molecule has 0 spiro atoms. The van der Waals surface area contributed by atoms with E-state index in [0.717, 1.165) is 47.1 Å². The lowest BCUT2D eigenvalue weighted by Gasteiger charge is -2.43. The number of fused-ring (bicyclic) bond motifs is 2. The average Bonchev–Trinajstić information content (AvgIpc) is 3.56. The number of aromatic nitrogens is 3. The lowest BCUT2D eigenvalue weighted by atomic mass is 9.77. The number of nitrogens with zero attached hydrogens (tertiary/aromatic N) is 5. The van der Waals surface area contributed by atoms with Crippen molar-refractivity contribution < 1.29 is 24.2 Å². The molecule has 1 N–H and O–H groups in total. The number of hydrogen-bond donors (Lipinski definition) is 1. The molecular formula is C30H34ClN5O5. The Hall–Kier alpha value is -3.66. The van der Waals surface area contributed by atoms with Gasteiger partial charge in [0.15, 0.2) is 5.65 Å². The average molecular weight is 580 g/mol. The summed E-state index contributed by atoms with van der Waals surface area (Å²) in [4.78, 5) is 51.4. The van der Waals surface area contributed by atoms with Crippen LogP contribution in [0.5, 0.6) is 5.75 Å². The van der Waals surface area contributed by atoms with E-state index in [0.29, 0.717) is 56.1 Å². The Bertz CT molecular complexity index is 1510. The largest absolute Gasteiger partial charge is 0.488 e. The number of ether oxygens (including phenoxy) is 1. The Morgan fingerprint density at radius 3 is 2.66 bits per heavy atom. The molecule has 4 heterocycles. The van der Waals surface area contributed by atoms with Gasteiger partial charge in [0.05, 0.1) is 24.2 Å². The quantitative estimate of drug-likeness (QED) is 0.447. The number of imidazole rings is 1. The number of carbonyl (C=O) groups is 3. The van der Waals surface area contributed by atoms with E-state index >= 15 is 0 Å². The number of likely N-dealkylation sites (tertiary alicyclic amines) is 1. The van der Waals surface area contributed by atoms with Crippen molar-refractivity contribution in [3.05, 3.63) is 52.4 Å². The van der Waals surface area contributed by atoms with Gasteiger partial charge < -0.3 is 24.2 Å². The molecule has 11 heteroatoms. The third-order valence-electron chi connectivity index (χ3n) is 8.82. The highest BCUT2D eigenvalue weighted by Gasteiger charge is 2.43. The number of pyridine rings is 1. The molecule has 2 aromatic heterocycles. The summed E-state index contributed by atoms with van der Waals surface area (Å²) in [5.74, 6) is -1.70. The van der Waals surface area contributed by atoms with E-state index in [4.69, 9.17) is 16.3 Å². The van der Waals surface area contributed by atoms with Gasteiger partial charge in [0.25, 0.3) is 0 Å². The number of aryl methyl sites for hydroxylation is 1. The maximum atomic E-state index is 14.1. The van der Waals surface area contributed by atoms with Gasteiger partial charge >= 0.3 is 5.97 Å². The molecule has 3 atom stereocenters. The Labute approximate surface area is 243 Å². The van der Waals surface area contributed by atoms with Gasteiger partial charge in [0, 0.05) is 55.4 Å². The molecule has 10 nitrogen and oxygen atoms in total. The van der Waals surface area contributed by atoms with Gasteiger partial charge in [-0.1, -0.05) is 24.4 Å². The normalized spacial score (nSPS) is 22.7. The molecule has 1 unspecified atom stereocenters. The Balaban J connectivity index is 1.35. The SMILES string of the molecule is Cn1cnc2cc(COc3ccc(Cl)c4c3[C@@H](CN3CCCC3=O)N(C(=O)C3CCCC[C@H]3C(=O)O)CC4)cnc21. The lowest BCUT2D eigenvalue weighted by molar-refractivity contribution is -0.154. The maximum Gasteiger partial charge on any atom is 0.307 e. The molecule has 1 saturated heterocycles. The van der Waals surface area contributed by atoms with Gasteiger partial charge in [0.2, 0.25) is 11.8 Å². The number of carbonyl (C=O) groups excluding carboxylic acids is 2. The van der Waals surface area contributed by atoms with Crippen LogP contribution in [-0.4, -0.2) is 66.9 Å². The molecule has 1 aliphatic carbocycles. The first kappa shape index (κ1) is 27.5. The van der Waals surface area contributed by atoms with E-state index in [1.54, 1.807) is 22.3 Å². The van der Waals surface area contributed by atoms with Crippen LogP contribution < -0.4 is 4.74 Å². The fourth-order valence-electron chi connectivity index (χ4n) is 6.70. The molecular weight excluding hydrogens is 546 g/mol. The molecule has 2 fully saturated rings. The molecule has 6 rings (SSSR count). The first-order valence-electron chi connectivity index (χ1n) is 14.3. The van der Waals surface area contributed by atoms with Crippen molar-refractivity contribution in [2.75, 3.05) is 19.6 Å². The Morgan fingerprint density at radius 1 is 1.10 bits per heavy atom. The Morgan fingerprint density at radius 2 is 1.90 bits per heavy atom. The molecule has 1 saturated carbocycles. The van der Waals surface area contributed by atoms with Gasteiger partial charge in [-0.2, -0.15) is 0 Å². The molecule has 3 aromatic rings. The second kappa shape index (κ2) is 11.3. The molecule has 0 bridgehead atoms. The molecule has 3 aliphatic rings. The zero-order valence-corrected chi connectivity index (χ0v) is 23.8. The summed E-state index contributed by atoms with van der Waals surface area (Å²) in [6.45, 7) is 1.59. The van der Waals surface area contributed by atoms with Crippen LogP contribution in [-0.2, 0) is 34.5 Å². The van der Waals surface area contributed by atoms with Crippen LogP contribution in [0.3, 0.4) is 0 Å². The second-order valence-electron chi connectivity index (χ2n) is 11.3. The van der Waals surface area contributed by atoms with E-state index in [-0.39, 0.29) is 18.4 Å². The topological polar surface area (TPSA) is 118 Å². The van der Waals surface area contributed by atoms with Crippen molar-refractivity contribution in [2.45, 2.75) is 57.6 Å². The molecule has 2 amide bonds. The highest BCUT2D eigenvalue weighted by atomic mass is 35.5. The molecule has 41 heavy (non-hydrogen) atoms. The van der Waals surface area contributed by atoms with Crippen LogP contribution in [0.15, 0.2) is 30.7 Å². The van der Waals surface area contributed by atoms with Gasteiger partial charge in [-0.25, -0.2) is 9.97 Å². The van der Waals surface area contributed by atoms with E-state index < -0.39 is 23.8 Å². The van der Waals surface area contributed by atoms with E-state index in [2.05, 4.69) is 9.97 Å². The minimum Gasteiger partial charge on any atom is -0.488 e. The zero-order chi connectivity index (χ0) is 28.7. The highest BCUT2D eigenvalue weighted by Crippen LogP contribution is 2.43. The van der Waals surface area contributed by atoms with E-state index in [1.807, 2.05) is 29.8 Å². The minimum absolute atomic E-state index is 0.0600. The number of halogens is 1. The summed E-state index contributed by atoms with van der Waals surface area (Å²) >= 11 is 6.71. The number of rotatable bonds is 7. The fourth-order valence-corrected chi connectivity index (χ4v) is 6.96. The monoisotopic (exact) mass is 579 g/mol. The number of amides is 2. The van der Waals surface area contributed by atoms with Gasteiger partial charge in [0.1, 0.15) is 17.9 Å². The number of hydrogen-bond acceptors (Lipinski definition) is 6. The number of aliphatic carboxylic acids is 1. The molecule has 2 aliphatic heterocycles. The predicted molar refractivity (Wildman–Crippen MR) is 151 cm³/mol. The van der Waals surface area contributed by atoms with Crippen LogP contribution in [0.25, 0.3) is 11.2 Å². The van der Waals surface area contributed by atoms with Crippen LogP contribution >= 0.6 is 11.6 Å². The highest BCUT2D eigenvalue weighted by molar-refractivity contribution is 6.31. The van der Waals surface area contributed by atoms with Crippen molar-refractivity contribution in [1.29, 1.82) is 0 Å². The van der Waals surface area contributed by atoms with Crippen molar-refractivity contribution in [2.24, 2.45) is 18.9 Å². The third-order valence-corrected chi connectivity index (χ3v) is 9.18. The van der Waals surface area contributed by atoms with Crippen molar-refractivity contribution in [3.8, 4) is 5.75 Å². The maximum absolute atomic E-state index is 14.1. The van der Waals surface area contributed by atoms with Crippen molar-refractivity contribution >= 4 is 40.5 Å². The lowest BCUT2D eigenvalue weighted by Crippen LogP contribution is -2.50. The number of benzene rings is 1. The molecule has 1 aromatic carbocycles. The summed E-state index contributed by atoms with van der Waals surface area (Å²) in [7, 11) is 1.89. The first-order chi connectivity index (χ1) is 19.8. The van der Waals surface area contributed by atoms with Gasteiger partial charge in [-0.15, -0.1) is 0 Å². The first-order valence-corrected chi connectivity index (χ1v) is 14.7. The standard InChI is InChI=1S/C30H34ClN5O5/c1-34-17-33-23-13-18(14-32-28(23)34)16-41-25-9-8-22(31)21-10-12-36(24(27(21)25)15-35-11-4-7-26(35)37)29(38)19-5-2-3-6-20(19)30(39)40/h8-9,13-14,17,19-20,24H,2-7,10-12,15-16H2,1H3,(H,39,40)/t19?,20-,24-/m1/s1. The van der Waals surface area contributed by atoms with Crippen LogP contribution in [0.1, 0.15) is 61.3 Å². The fraction of sp³-hybridized carbons (Fsp3) is 0.500. The van der Waals surface area contributed by atoms with Crippen LogP contribution in [0, 0.1) is 11.8 Å². The van der Waals surface area contributed by atoms with Crippen molar-refractivity contribution in [3.63, 3.8) is 0 Å². The summed E-state index contributed by atoms with van der Waals surface area (Å²) in [6, 6.07) is 5.08. The van der Waals surface area contributed by atoms with Crippen LogP contribution in [0.4, 0.5) is 0 Å². The van der Waals surface area contributed by atoms with E-state index in [9.17, 15) is 19.5 Å². The van der Waals surface area contributed by atoms with Gasteiger partial charge in [-0.3, -0.25) is 14.4 Å². The summed E-state index contributed by atoms with van der Waals surface area (Å²) in [5.41, 5.74) is 4.10. The van der Waals surface area contributed by atoms with Crippen LogP contribution in [0.2, 0.25) is 5.02 Å². The summed E-state index contributed by atoms with van der Waals surface area (Å²) in [6.07, 6.45) is 7.95. The summed E-state index contributed by atoms with van der Waals surface area (Å²) < 4.78 is 8.24. The van der Waals surface area contributed by atoms with E-state index in [1.165, 1.54) is 0 Å². The predicted octanol–water partition coefficient (Wildman–Crippen LogP) is 4.14. The zero-order valence-electron chi connectivity index (χ0n) is 23.1. The third kappa shape index (κ3) is 5.25. The summed E-state index contributed by atoms with van der Waals surface area (Å²) in [5, 5.41) is 10.5.